The minimum atomic E-state index is -0.476. The van der Waals surface area contributed by atoms with Gasteiger partial charge in [-0.25, -0.2) is 0 Å². The lowest BCUT2D eigenvalue weighted by Crippen LogP contribution is -2.84. The first kappa shape index (κ1) is 14.9. The fraction of sp³-hybridized carbons (Fsp3) is 0.632. The number of ether oxygens (including phenoxy) is 2. The van der Waals surface area contributed by atoms with Crippen LogP contribution in [0.25, 0.3) is 0 Å². The Morgan fingerprint density at radius 1 is 1.46 bits per heavy atom. The lowest BCUT2D eigenvalue weighted by atomic mass is 9.46. The Morgan fingerprint density at radius 3 is 3.12 bits per heavy atom. The molecule has 6 rings (SSSR count). The Hall–Kier alpha value is -1.43. The number of phenols is 1. The van der Waals surface area contributed by atoms with Crippen molar-refractivity contribution in [2.24, 2.45) is 0 Å². The molecule has 1 unspecified atom stereocenters. The number of fused-ring (bicyclic) bond motifs is 1. The molecule has 128 valence electrons. The monoisotopic (exact) mass is 329 g/mol. The minimum absolute atomic E-state index is 0.192. The van der Waals surface area contributed by atoms with Crippen molar-refractivity contribution >= 4 is 5.78 Å². The van der Waals surface area contributed by atoms with Crippen LogP contribution in [0.1, 0.15) is 37.3 Å². The number of Topliss-reactive ketones (excluding diaryl/α,β-unsaturated/α-hetero) is 1. The maximum absolute atomic E-state index is 12.6. The van der Waals surface area contributed by atoms with Gasteiger partial charge in [-0.15, -0.1) is 0 Å². The molecule has 2 aliphatic carbocycles. The van der Waals surface area contributed by atoms with E-state index in [-0.39, 0.29) is 23.7 Å². The number of hydrogen-bond acceptors (Lipinski definition) is 5. The second-order valence-electron chi connectivity index (χ2n) is 7.62. The molecule has 1 saturated carbocycles. The van der Waals surface area contributed by atoms with E-state index >= 15 is 0 Å². The predicted octanol–water partition coefficient (Wildman–Crippen LogP) is 1.45. The fourth-order valence-corrected chi connectivity index (χ4v) is 5.68. The first-order chi connectivity index (χ1) is 11.6. The van der Waals surface area contributed by atoms with Gasteiger partial charge in [-0.1, -0.05) is 13.0 Å². The van der Waals surface area contributed by atoms with E-state index in [2.05, 4.69) is 12.2 Å². The van der Waals surface area contributed by atoms with Gasteiger partial charge in [-0.3, -0.25) is 4.79 Å². The van der Waals surface area contributed by atoms with Crippen molar-refractivity contribution in [2.45, 2.75) is 61.9 Å². The largest absolute Gasteiger partial charge is 0.508 e. The molecular formula is C19H23NO4. The summed E-state index contributed by atoms with van der Waals surface area (Å²) in [6.07, 6.45) is 2.48. The second kappa shape index (κ2) is 4.81. The normalized spacial score (nSPS) is 42.0. The summed E-state index contributed by atoms with van der Waals surface area (Å²) in [4.78, 5) is 12.6. The van der Waals surface area contributed by atoms with E-state index in [4.69, 9.17) is 9.47 Å². The summed E-state index contributed by atoms with van der Waals surface area (Å²) in [6.45, 7) is 3.64. The van der Waals surface area contributed by atoms with E-state index in [0.29, 0.717) is 13.0 Å². The van der Waals surface area contributed by atoms with E-state index in [0.717, 1.165) is 31.4 Å². The lowest BCUT2D eigenvalue weighted by molar-refractivity contribution is -0.278. The number of phenolic OH excluding ortho intramolecular Hbond substituents is 1. The molecule has 3 saturated heterocycles. The van der Waals surface area contributed by atoms with Crippen LogP contribution in [-0.4, -0.2) is 47.9 Å². The number of nitrogens with one attached hydrogen (secondary N) is 1. The van der Waals surface area contributed by atoms with Crippen LogP contribution in [0.5, 0.6) is 5.75 Å². The summed E-state index contributed by atoms with van der Waals surface area (Å²) >= 11 is 0. The van der Waals surface area contributed by atoms with Crippen molar-refractivity contribution in [2.75, 3.05) is 13.2 Å². The standard InChI is InChI=1S/C19H23NO4/c1-2-7-23-19-10-14-16(22)17(24-14)18(19)5-6-20-15(19)8-11-3-4-12(21)9-13(11)18/h3-4,9,14-15,17,20-21H,2,5-8,10H2,1H3/t14?,15-,17+,18+,19-/m1/s1. The van der Waals surface area contributed by atoms with Gasteiger partial charge in [0.25, 0.3) is 0 Å². The zero-order valence-electron chi connectivity index (χ0n) is 13.9. The van der Waals surface area contributed by atoms with Gasteiger partial charge in [-0.2, -0.15) is 0 Å². The zero-order valence-corrected chi connectivity index (χ0v) is 13.9. The van der Waals surface area contributed by atoms with Crippen LogP contribution in [0.3, 0.4) is 0 Å². The highest BCUT2D eigenvalue weighted by atomic mass is 16.6. The van der Waals surface area contributed by atoms with Gasteiger partial charge < -0.3 is 19.9 Å². The van der Waals surface area contributed by atoms with Crippen LogP contribution in [0.4, 0.5) is 0 Å². The van der Waals surface area contributed by atoms with Gasteiger partial charge in [0, 0.05) is 19.1 Å². The van der Waals surface area contributed by atoms with Crippen molar-refractivity contribution in [3.63, 3.8) is 0 Å². The zero-order chi connectivity index (χ0) is 16.5. The molecular weight excluding hydrogens is 306 g/mol. The molecule has 1 aromatic rings. The molecule has 0 amide bonds. The van der Waals surface area contributed by atoms with Gasteiger partial charge in [-0.05, 0) is 49.1 Å². The van der Waals surface area contributed by atoms with Crippen molar-refractivity contribution in [1.29, 1.82) is 0 Å². The minimum Gasteiger partial charge on any atom is -0.508 e. The third-order valence-electron chi connectivity index (χ3n) is 6.60. The molecule has 0 aromatic heterocycles. The summed E-state index contributed by atoms with van der Waals surface area (Å²) in [7, 11) is 0. The van der Waals surface area contributed by atoms with Crippen molar-refractivity contribution < 1.29 is 19.4 Å². The summed E-state index contributed by atoms with van der Waals surface area (Å²) in [6, 6.07) is 5.76. The highest BCUT2D eigenvalue weighted by molar-refractivity contribution is 5.96. The lowest BCUT2D eigenvalue weighted by Gasteiger charge is -2.69. The van der Waals surface area contributed by atoms with Crippen LogP contribution in [0, 0.1) is 0 Å². The second-order valence-corrected chi connectivity index (χ2v) is 7.62. The van der Waals surface area contributed by atoms with E-state index in [1.807, 2.05) is 12.1 Å². The van der Waals surface area contributed by atoms with Crippen LogP contribution < -0.4 is 5.32 Å². The molecule has 5 nitrogen and oxygen atoms in total. The first-order valence-corrected chi connectivity index (χ1v) is 9.01. The predicted molar refractivity (Wildman–Crippen MR) is 87.2 cm³/mol. The van der Waals surface area contributed by atoms with Crippen LogP contribution >= 0.6 is 0 Å². The van der Waals surface area contributed by atoms with Gasteiger partial charge in [0.2, 0.25) is 0 Å². The van der Waals surface area contributed by atoms with E-state index < -0.39 is 17.1 Å². The molecule has 3 aliphatic heterocycles. The molecule has 5 atom stereocenters. The molecule has 0 radical (unpaired) electrons. The van der Waals surface area contributed by atoms with Gasteiger partial charge >= 0.3 is 0 Å². The highest BCUT2D eigenvalue weighted by Gasteiger charge is 2.75. The van der Waals surface area contributed by atoms with E-state index in [1.54, 1.807) is 6.07 Å². The Morgan fingerprint density at radius 2 is 2.33 bits per heavy atom. The first-order valence-electron chi connectivity index (χ1n) is 9.01. The topological polar surface area (TPSA) is 67.8 Å². The number of benzene rings is 1. The number of ketones is 1. The summed E-state index contributed by atoms with van der Waals surface area (Å²) in [5.74, 6) is 0.459. The molecule has 5 aliphatic rings. The molecule has 5 heteroatoms. The summed E-state index contributed by atoms with van der Waals surface area (Å²) < 4.78 is 12.5. The van der Waals surface area contributed by atoms with Gasteiger partial charge in [0.05, 0.1) is 11.0 Å². The number of carbonyl (C=O) groups is 1. The molecule has 4 bridgehead atoms. The van der Waals surface area contributed by atoms with Crippen molar-refractivity contribution in [1.82, 2.24) is 5.32 Å². The Kier molecular flexibility index (Phi) is 2.98. The van der Waals surface area contributed by atoms with Crippen LogP contribution in [0.15, 0.2) is 18.2 Å². The van der Waals surface area contributed by atoms with E-state index in [1.165, 1.54) is 5.56 Å². The third-order valence-corrected chi connectivity index (χ3v) is 6.60. The number of carbonyl (C=O) groups excluding carboxylic acids is 1. The quantitative estimate of drug-likeness (QED) is 0.879. The van der Waals surface area contributed by atoms with Crippen molar-refractivity contribution in [3.8, 4) is 5.75 Å². The molecule has 24 heavy (non-hydrogen) atoms. The van der Waals surface area contributed by atoms with E-state index in [9.17, 15) is 9.90 Å². The Balaban J connectivity index is 1.76. The smallest absolute Gasteiger partial charge is 0.191 e. The van der Waals surface area contributed by atoms with Gasteiger partial charge in [0.1, 0.15) is 18.0 Å². The number of piperidine rings is 1. The average Bonchev–Trinajstić information content (AvgIpc) is 2.59. The summed E-state index contributed by atoms with van der Waals surface area (Å²) in [5, 5.41) is 13.8. The van der Waals surface area contributed by atoms with Crippen molar-refractivity contribution in [3.05, 3.63) is 29.3 Å². The number of aromatic hydroxyl groups is 1. The molecule has 4 fully saturated rings. The number of rotatable bonds is 3. The maximum Gasteiger partial charge on any atom is 0.191 e. The SMILES string of the molecule is CCCO[C@@]12CC3O[C@@H](C3=O)[C@@]13CCN[C@@H]2Cc1ccc(O)cc13. The fourth-order valence-electron chi connectivity index (χ4n) is 5.68. The molecule has 2 N–H and O–H groups in total. The number of hydrogen-bond donors (Lipinski definition) is 2. The van der Waals surface area contributed by atoms with Gasteiger partial charge in [0.15, 0.2) is 5.78 Å². The summed E-state index contributed by atoms with van der Waals surface area (Å²) in [5.41, 5.74) is 1.37. The molecule has 3 heterocycles. The maximum atomic E-state index is 12.6. The van der Waals surface area contributed by atoms with Crippen LogP contribution in [0.2, 0.25) is 0 Å². The highest BCUT2D eigenvalue weighted by Crippen LogP contribution is 2.62. The Labute approximate surface area is 141 Å². The Bertz CT molecular complexity index is 719. The molecule has 0 spiro atoms. The van der Waals surface area contributed by atoms with Crippen LogP contribution in [-0.2, 0) is 26.1 Å². The molecule has 1 aromatic carbocycles. The third kappa shape index (κ3) is 1.54. The average molecular weight is 329 g/mol.